The van der Waals surface area contributed by atoms with Crippen LogP contribution in [0.1, 0.15) is 12.0 Å². The zero-order valence-electron chi connectivity index (χ0n) is 13.4. The molecule has 3 amide bonds. The molecule has 0 aliphatic carbocycles. The van der Waals surface area contributed by atoms with Crippen LogP contribution in [0.15, 0.2) is 30.6 Å². The van der Waals surface area contributed by atoms with Crippen molar-refractivity contribution in [2.45, 2.75) is 19.4 Å². The maximum Gasteiger partial charge on any atom is 0.319 e. The number of aryl methyl sites for hydroxylation is 2. The number of carbonyl (C=O) groups excluding carboxylic acids is 2. The molecule has 1 aromatic carbocycles. The van der Waals surface area contributed by atoms with E-state index in [1.54, 1.807) is 48.1 Å². The summed E-state index contributed by atoms with van der Waals surface area (Å²) in [5, 5.41) is 9.11. The van der Waals surface area contributed by atoms with Gasteiger partial charge in [0.15, 0.2) is 0 Å². The van der Waals surface area contributed by atoms with Crippen molar-refractivity contribution in [2.75, 3.05) is 16.8 Å². The molecule has 0 saturated carbocycles. The van der Waals surface area contributed by atoms with Crippen LogP contribution in [0.4, 0.5) is 20.6 Å². The highest BCUT2D eigenvalue weighted by atomic mass is 19.1. The number of para-hydroxylation sites is 1. The predicted octanol–water partition coefficient (Wildman–Crippen LogP) is 1.79. The number of hydrogen-bond acceptors (Lipinski definition) is 3. The maximum atomic E-state index is 13.8. The highest BCUT2D eigenvalue weighted by Crippen LogP contribution is 2.21. The van der Waals surface area contributed by atoms with Crippen molar-refractivity contribution in [1.29, 1.82) is 0 Å². The van der Waals surface area contributed by atoms with Gasteiger partial charge in [-0.15, -0.1) is 0 Å². The normalized spacial score (nSPS) is 17.2. The van der Waals surface area contributed by atoms with Crippen LogP contribution >= 0.6 is 0 Å². The number of carbonyl (C=O) groups is 2. The molecule has 0 unspecified atom stereocenters. The first-order valence-electron chi connectivity index (χ1n) is 7.58. The van der Waals surface area contributed by atoms with Gasteiger partial charge in [0, 0.05) is 19.8 Å². The molecule has 1 aliphatic rings. The van der Waals surface area contributed by atoms with Crippen molar-refractivity contribution in [2.24, 2.45) is 7.05 Å². The minimum Gasteiger partial charge on any atom is -0.326 e. The molecule has 1 fully saturated rings. The SMILES string of the molecule is Cc1cccc(F)c1NC(=O)N[C@@H]1CCN(c2cnn(C)c2)C1=O. The number of hydrogen-bond donors (Lipinski definition) is 2. The van der Waals surface area contributed by atoms with E-state index in [0.29, 0.717) is 24.2 Å². The number of anilines is 2. The molecule has 7 nitrogen and oxygen atoms in total. The fourth-order valence-corrected chi connectivity index (χ4v) is 2.72. The predicted molar refractivity (Wildman–Crippen MR) is 87.3 cm³/mol. The lowest BCUT2D eigenvalue weighted by atomic mass is 10.2. The maximum absolute atomic E-state index is 13.8. The summed E-state index contributed by atoms with van der Waals surface area (Å²) >= 11 is 0. The van der Waals surface area contributed by atoms with Crippen LogP contribution in [0.2, 0.25) is 0 Å². The first kappa shape index (κ1) is 16.0. The molecule has 2 aromatic rings. The van der Waals surface area contributed by atoms with E-state index in [1.807, 2.05) is 0 Å². The summed E-state index contributed by atoms with van der Waals surface area (Å²) in [6, 6.07) is 3.30. The van der Waals surface area contributed by atoms with Crippen molar-refractivity contribution in [3.05, 3.63) is 42.0 Å². The fourth-order valence-electron chi connectivity index (χ4n) is 2.72. The van der Waals surface area contributed by atoms with Gasteiger partial charge in [-0.25, -0.2) is 9.18 Å². The molecule has 8 heteroatoms. The molecule has 1 saturated heterocycles. The van der Waals surface area contributed by atoms with E-state index in [-0.39, 0.29) is 11.6 Å². The van der Waals surface area contributed by atoms with E-state index in [1.165, 1.54) is 6.07 Å². The third kappa shape index (κ3) is 3.08. The Kier molecular flexibility index (Phi) is 4.20. The lowest BCUT2D eigenvalue weighted by Gasteiger charge is -2.16. The van der Waals surface area contributed by atoms with E-state index < -0.39 is 17.9 Å². The lowest BCUT2D eigenvalue weighted by molar-refractivity contribution is -0.118. The Morgan fingerprint density at radius 2 is 2.21 bits per heavy atom. The largest absolute Gasteiger partial charge is 0.326 e. The summed E-state index contributed by atoms with van der Waals surface area (Å²) in [5.74, 6) is -0.719. The zero-order chi connectivity index (χ0) is 17.3. The average molecular weight is 331 g/mol. The van der Waals surface area contributed by atoms with Crippen molar-refractivity contribution in [3.8, 4) is 0 Å². The van der Waals surface area contributed by atoms with Crippen molar-refractivity contribution >= 4 is 23.3 Å². The fraction of sp³-hybridized carbons (Fsp3) is 0.312. The van der Waals surface area contributed by atoms with Crippen LogP contribution in [-0.4, -0.2) is 34.3 Å². The average Bonchev–Trinajstić information content (AvgIpc) is 3.10. The minimum absolute atomic E-state index is 0.115. The zero-order valence-corrected chi connectivity index (χ0v) is 13.4. The molecule has 126 valence electrons. The Morgan fingerprint density at radius 1 is 1.42 bits per heavy atom. The van der Waals surface area contributed by atoms with Crippen molar-refractivity contribution in [3.63, 3.8) is 0 Å². The number of urea groups is 1. The number of nitrogens with one attached hydrogen (secondary N) is 2. The number of benzene rings is 1. The summed E-state index contributed by atoms with van der Waals surface area (Å²) in [5.41, 5.74) is 1.42. The number of aromatic nitrogens is 2. The van der Waals surface area contributed by atoms with Gasteiger partial charge >= 0.3 is 6.03 Å². The molecule has 0 spiro atoms. The Balaban J connectivity index is 1.64. The Morgan fingerprint density at radius 3 is 2.88 bits per heavy atom. The number of rotatable bonds is 3. The lowest BCUT2D eigenvalue weighted by Crippen LogP contribution is -2.43. The number of nitrogens with zero attached hydrogens (tertiary/aromatic N) is 3. The van der Waals surface area contributed by atoms with Crippen molar-refractivity contribution in [1.82, 2.24) is 15.1 Å². The summed E-state index contributed by atoms with van der Waals surface area (Å²) in [7, 11) is 1.77. The minimum atomic E-state index is -0.641. The van der Waals surface area contributed by atoms with Gasteiger partial charge in [0.2, 0.25) is 5.91 Å². The van der Waals surface area contributed by atoms with Crippen LogP contribution in [0.3, 0.4) is 0 Å². The standard InChI is InChI=1S/C16H18FN5O2/c1-10-4-3-5-12(17)14(10)20-16(24)19-13-6-7-22(15(13)23)11-8-18-21(2)9-11/h3-5,8-9,13H,6-7H2,1-2H3,(H2,19,20,24)/t13-/m1/s1. The van der Waals surface area contributed by atoms with E-state index >= 15 is 0 Å². The van der Waals surface area contributed by atoms with E-state index in [0.717, 1.165) is 0 Å². The quantitative estimate of drug-likeness (QED) is 0.900. The van der Waals surface area contributed by atoms with Gasteiger partial charge in [0.05, 0.1) is 17.6 Å². The summed E-state index contributed by atoms with van der Waals surface area (Å²) in [6.45, 7) is 2.19. The second kappa shape index (κ2) is 6.31. The van der Waals surface area contributed by atoms with E-state index in [2.05, 4.69) is 15.7 Å². The third-order valence-electron chi connectivity index (χ3n) is 3.97. The molecule has 2 N–H and O–H groups in total. The van der Waals surface area contributed by atoms with E-state index in [9.17, 15) is 14.0 Å². The molecular weight excluding hydrogens is 313 g/mol. The van der Waals surface area contributed by atoms with Gasteiger partial charge in [-0.3, -0.25) is 9.48 Å². The van der Waals surface area contributed by atoms with Gasteiger partial charge in [-0.05, 0) is 25.0 Å². The first-order chi connectivity index (χ1) is 11.5. The summed E-state index contributed by atoms with van der Waals surface area (Å²) < 4.78 is 15.4. The highest BCUT2D eigenvalue weighted by Gasteiger charge is 2.34. The number of halogens is 1. The summed E-state index contributed by atoms with van der Waals surface area (Å²) in [4.78, 5) is 26.1. The van der Waals surface area contributed by atoms with Crippen LogP contribution in [-0.2, 0) is 11.8 Å². The molecule has 1 aromatic heterocycles. The van der Waals surface area contributed by atoms with Gasteiger partial charge in [-0.1, -0.05) is 12.1 Å². The second-order valence-electron chi connectivity index (χ2n) is 5.73. The van der Waals surface area contributed by atoms with Gasteiger partial charge in [0.25, 0.3) is 0 Å². The van der Waals surface area contributed by atoms with Crippen LogP contribution < -0.4 is 15.5 Å². The molecule has 0 radical (unpaired) electrons. The van der Waals surface area contributed by atoms with E-state index in [4.69, 9.17) is 0 Å². The second-order valence-corrected chi connectivity index (χ2v) is 5.73. The third-order valence-corrected chi connectivity index (χ3v) is 3.97. The topological polar surface area (TPSA) is 79.3 Å². The molecule has 2 heterocycles. The molecule has 1 aliphatic heterocycles. The first-order valence-corrected chi connectivity index (χ1v) is 7.58. The molecule has 3 rings (SSSR count). The smallest absolute Gasteiger partial charge is 0.319 e. The summed E-state index contributed by atoms with van der Waals surface area (Å²) in [6.07, 6.45) is 3.82. The number of amides is 3. The highest BCUT2D eigenvalue weighted by molar-refractivity contribution is 6.02. The van der Waals surface area contributed by atoms with Crippen molar-refractivity contribution < 1.29 is 14.0 Å². The molecular formula is C16H18FN5O2. The molecule has 0 bridgehead atoms. The monoisotopic (exact) mass is 331 g/mol. The Labute approximate surface area is 138 Å². The van der Waals surface area contributed by atoms with Crippen LogP contribution in [0.25, 0.3) is 0 Å². The van der Waals surface area contributed by atoms with Gasteiger partial charge < -0.3 is 15.5 Å². The Hall–Kier alpha value is -2.90. The van der Waals surface area contributed by atoms with Gasteiger partial charge in [0.1, 0.15) is 11.9 Å². The van der Waals surface area contributed by atoms with Crippen LogP contribution in [0.5, 0.6) is 0 Å². The molecule has 1 atom stereocenters. The van der Waals surface area contributed by atoms with Gasteiger partial charge in [-0.2, -0.15) is 5.10 Å². The van der Waals surface area contributed by atoms with Crippen LogP contribution in [0, 0.1) is 12.7 Å². The Bertz CT molecular complexity index is 768. The molecule has 24 heavy (non-hydrogen) atoms.